The lowest BCUT2D eigenvalue weighted by Gasteiger charge is -2.08. The summed E-state index contributed by atoms with van der Waals surface area (Å²) in [5.74, 6) is -0.320. The smallest absolute Gasteiger partial charge is 0.251 e. The molecule has 0 unspecified atom stereocenters. The molecule has 0 bridgehead atoms. The Hall–Kier alpha value is -2.91. The first-order valence-corrected chi connectivity index (χ1v) is 9.78. The molecule has 1 aromatic heterocycles. The summed E-state index contributed by atoms with van der Waals surface area (Å²) < 4.78 is 1.51. The fourth-order valence-corrected chi connectivity index (χ4v) is 3.24. The summed E-state index contributed by atoms with van der Waals surface area (Å²) in [5, 5.41) is 18.1. The van der Waals surface area contributed by atoms with Gasteiger partial charge in [-0.05, 0) is 53.7 Å². The van der Waals surface area contributed by atoms with Gasteiger partial charge in [0.1, 0.15) is 0 Å². The van der Waals surface area contributed by atoms with E-state index in [0.29, 0.717) is 33.7 Å². The van der Waals surface area contributed by atoms with Gasteiger partial charge in [0.2, 0.25) is 11.1 Å². The van der Waals surface area contributed by atoms with E-state index in [9.17, 15) is 9.59 Å². The Kier molecular flexibility index (Phi) is 6.62. The molecule has 0 aliphatic carbocycles. The van der Waals surface area contributed by atoms with Crippen LogP contribution in [0.1, 0.15) is 17.3 Å². The van der Waals surface area contributed by atoms with E-state index in [1.165, 1.54) is 16.4 Å². The second-order valence-corrected chi connectivity index (χ2v) is 7.01. The second-order valence-electron chi connectivity index (χ2n) is 5.63. The van der Waals surface area contributed by atoms with Gasteiger partial charge in [-0.3, -0.25) is 9.59 Å². The van der Waals surface area contributed by atoms with Crippen molar-refractivity contribution in [3.63, 3.8) is 0 Å². The highest BCUT2D eigenvalue weighted by molar-refractivity contribution is 7.99. The van der Waals surface area contributed by atoms with Crippen LogP contribution in [0, 0.1) is 0 Å². The second kappa shape index (κ2) is 9.34. The van der Waals surface area contributed by atoms with E-state index in [1.54, 1.807) is 42.5 Å². The summed E-state index contributed by atoms with van der Waals surface area (Å²) in [5.41, 5.74) is 1.73. The lowest BCUT2D eigenvalue weighted by Crippen LogP contribution is -2.23. The molecule has 3 rings (SSSR count). The molecule has 2 N–H and O–H groups in total. The Labute approximate surface area is 170 Å². The fraction of sp³-hybridized carbons (Fsp3) is 0.167. The number of nitrogens with one attached hydrogen (secondary N) is 2. The van der Waals surface area contributed by atoms with Crippen molar-refractivity contribution in [1.29, 1.82) is 0 Å². The predicted octanol–water partition coefficient (Wildman–Crippen LogP) is 2.80. The Morgan fingerprint density at radius 3 is 2.79 bits per heavy atom. The number of amides is 2. The molecule has 3 aromatic rings. The number of nitrogens with zero attached hydrogens (tertiary/aromatic N) is 4. The van der Waals surface area contributed by atoms with Crippen molar-refractivity contribution in [2.75, 3.05) is 17.6 Å². The van der Waals surface area contributed by atoms with E-state index in [0.717, 1.165) is 0 Å². The number of aromatic nitrogens is 4. The summed E-state index contributed by atoms with van der Waals surface area (Å²) in [6.45, 7) is 2.38. The van der Waals surface area contributed by atoms with Gasteiger partial charge in [0.25, 0.3) is 5.91 Å². The molecule has 2 amide bonds. The van der Waals surface area contributed by atoms with Crippen molar-refractivity contribution in [3.05, 3.63) is 59.1 Å². The van der Waals surface area contributed by atoms with Gasteiger partial charge < -0.3 is 10.6 Å². The number of hydrogen-bond acceptors (Lipinski definition) is 6. The van der Waals surface area contributed by atoms with Crippen LogP contribution >= 0.6 is 23.4 Å². The van der Waals surface area contributed by atoms with Gasteiger partial charge in [-0.1, -0.05) is 35.5 Å². The minimum Gasteiger partial charge on any atom is -0.352 e. The van der Waals surface area contributed by atoms with E-state index < -0.39 is 0 Å². The summed E-state index contributed by atoms with van der Waals surface area (Å²) in [6, 6.07) is 13.9. The van der Waals surface area contributed by atoms with Crippen molar-refractivity contribution in [2.24, 2.45) is 0 Å². The minimum atomic E-state index is -0.237. The Bertz CT molecular complexity index is 993. The van der Waals surface area contributed by atoms with Crippen molar-refractivity contribution < 1.29 is 9.59 Å². The standard InChI is InChI=1S/C18H17ClN6O2S/c1-2-20-17(27)12-5-3-7-14(9-12)21-16(26)11-28-18-22-23-24-25(18)15-8-4-6-13(19)10-15/h3-10H,2,11H2,1H3,(H,20,27)(H,21,26). The molecule has 28 heavy (non-hydrogen) atoms. The number of hydrogen-bond donors (Lipinski definition) is 2. The van der Waals surface area contributed by atoms with E-state index in [-0.39, 0.29) is 17.6 Å². The number of tetrazole rings is 1. The number of halogens is 1. The van der Waals surface area contributed by atoms with Gasteiger partial charge in [0.05, 0.1) is 11.4 Å². The topological polar surface area (TPSA) is 102 Å². The molecule has 10 heteroatoms. The molecule has 0 spiro atoms. The zero-order chi connectivity index (χ0) is 19.9. The molecule has 0 radical (unpaired) electrons. The number of rotatable bonds is 7. The van der Waals surface area contributed by atoms with Crippen LogP contribution in [-0.4, -0.2) is 44.3 Å². The first-order chi connectivity index (χ1) is 13.6. The fourth-order valence-electron chi connectivity index (χ4n) is 2.37. The number of anilines is 1. The van der Waals surface area contributed by atoms with E-state index in [1.807, 2.05) is 13.0 Å². The van der Waals surface area contributed by atoms with Gasteiger partial charge in [-0.2, -0.15) is 4.68 Å². The maximum absolute atomic E-state index is 12.3. The molecule has 2 aromatic carbocycles. The average Bonchev–Trinajstić information content (AvgIpc) is 3.15. The number of carbonyl (C=O) groups is 2. The largest absolute Gasteiger partial charge is 0.352 e. The quantitative estimate of drug-likeness (QED) is 0.574. The van der Waals surface area contributed by atoms with Crippen LogP contribution in [0.2, 0.25) is 5.02 Å². The lowest BCUT2D eigenvalue weighted by atomic mass is 10.2. The third-order valence-corrected chi connectivity index (χ3v) is 4.73. The number of carbonyl (C=O) groups excluding carboxylic acids is 2. The average molecular weight is 417 g/mol. The molecule has 144 valence electrons. The molecule has 1 heterocycles. The zero-order valence-corrected chi connectivity index (χ0v) is 16.5. The molecule has 0 saturated heterocycles. The van der Waals surface area contributed by atoms with E-state index >= 15 is 0 Å². The Balaban J connectivity index is 1.62. The van der Waals surface area contributed by atoms with Crippen molar-refractivity contribution in [1.82, 2.24) is 25.5 Å². The molecular formula is C18H17ClN6O2S. The summed E-state index contributed by atoms with van der Waals surface area (Å²) in [7, 11) is 0. The SMILES string of the molecule is CCNC(=O)c1cccc(NC(=O)CSc2nnnn2-c2cccc(Cl)c2)c1. The summed E-state index contributed by atoms with van der Waals surface area (Å²) in [6.07, 6.45) is 0. The first kappa shape index (κ1) is 19.8. The molecule has 0 saturated carbocycles. The lowest BCUT2D eigenvalue weighted by molar-refractivity contribution is -0.113. The van der Waals surface area contributed by atoms with Gasteiger partial charge in [-0.25, -0.2) is 0 Å². The molecule has 0 fully saturated rings. The van der Waals surface area contributed by atoms with Gasteiger partial charge in [0, 0.05) is 22.8 Å². The van der Waals surface area contributed by atoms with E-state index in [4.69, 9.17) is 11.6 Å². The predicted molar refractivity (Wildman–Crippen MR) is 108 cm³/mol. The number of benzene rings is 2. The Morgan fingerprint density at radius 1 is 1.18 bits per heavy atom. The van der Waals surface area contributed by atoms with Crippen LogP contribution in [0.15, 0.2) is 53.7 Å². The highest BCUT2D eigenvalue weighted by Gasteiger charge is 2.13. The molecule has 8 nitrogen and oxygen atoms in total. The summed E-state index contributed by atoms with van der Waals surface area (Å²) in [4.78, 5) is 24.2. The first-order valence-electron chi connectivity index (χ1n) is 8.42. The van der Waals surface area contributed by atoms with Crippen LogP contribution in [0.25, 0.3) is 5.69 Å². The third kappa shape index (κ3) is 5.08. The minimum absolute atomic E-state index is 0.103. The molecular weight excluding hydrogens is 400 g/mol. The monoisotopic (exact) mass is 416 g/mol. The normalized spacial score (nSPS) is 10.5. The van der Waals surface area contributed by atoms with Gasteiger partial charge >= 0.3 is 0 Å². The van der Waals surface area contributed by atoms with Crippen LogP contribution in [0.4, 0.5) is 5.69 Å². The van der Waals surface area contributed by atoms with E-state index in [2.05, 4.69) is 26.2 Å². The van der Waals surface area contributed by atoms with Gasteiger partial charge in [-0.15, -0.1) is 5.10 Å². The van der Waals surface area contributed by atoms with Crippen molar-refractivity contribution in [3.8, 4) is 5.69 Å². The van der Waals surface area contributed by atoms with Crippen LogP contribution in [0.3, 0.4) is 0 Å². The van der Waals surface area contributed by atoms with Gasteiger partial charge in [0.15, 0.2) is 0 Å². The van der Waals surface area contributed by atoms with Crippen LogP contribution in [0.5, 0.6) is 0 Å². The maximum Gasteiger partial charge on any atom is 0.251 e. The third-order valence-electron chi connectivity index (χ3n) is 3.57. The highest BCUT2D eigenvalue weighted by atomic mass is 35.5. The zero-order valence-electron chi connectivity index (χ0n) is 14.9. The Morgan fingerprint density at radius 2 is 2.00 bits per heavy atom. The number of thioether (sulfide) groups is 1. The summed E-state index contributed by atoms with van der Waals surface area (Å²) >= 11 is 7.20. The molecule has 0 atom stereocenters. The molecule has 0 aliphatic heterocycles. The molecule has 0 aliphatic rings. The van der Waals surface area contributed by atoms with Crippen molar-refractivity contribution >= 4 is 40.9 Å². The highest BCUT2D eigenvalue weighted by Crippen LogP contribution is 2.21. The maximum atomic E-state index is 12.3. The van der Waals surface area contributed by atoms with Crippen molar-refractivity contribution in [2.45, 2.75) is 12.1 Å². The van der Waals surface area contributed by atoms with Crippen LogP contribution in [-0.2, 0) is 4.79 Å². The van der Waals surface area contributed by atoms with Crippen LogP contribution < -0.4 is 10.6 Å².